The zero-order valence-corrected chi connectivity index (χ0v) is 13.0. The molecule has 1 aromatic rings. The maximum Gasteiger partial charge on any atom is 0.421 e. The first-order valence-electron chi connectivity index (χ1n) is 7.37. The van der Waals surface area contributed by atoms with Gasteiger partial charge in [0, 0.05) is 12.4 Å². The molecule has 2 aliphatic rings. The third kappa shape index (κ3) is 3.66. The van der Waals surface area contributed by atoms with E-state index in [1.807, 2.05) is 0 Å². The van der Waals surface area contributed by atoms with Crippen molar-refractivity contribution < 1.29 is 17.9 Å². The molecule has 1 aliphatic carbocycles. The summed E-state index contributed by atoms with van der Waals surface area (Å²) in [5.74, 6) is -0.0894. The highest BCUT2D eigenvalue weighted by molar-refractivity contribution is 5.85. The number of hydrogen-bond acceptors (Lipinski definition) is 3. The van der Waals surface area contributed by atoms with Crippen LogP contribution in [0.4, 0.5) is 13.2 Å². The molecule has 22 heavy (non-hydrogen) atoms. The van der Waals surface area contributed by atoms with Gasteiger partial charge in [-0.2, -0.15) is 13.2 Å². The van der Waals surface area contributed by atoms with E-state index in [-0.39, 0.29) is 29.7 Å². The Hall–Kier alpha value is -1.01. The van der Waals surface area contributed by atoms with Gasteiger partial charge in [-0.1, -0.05) is 0 Å². The molecule has 1 aromatic heterocycles. The number of halogens is 4. The van der Waals surface area contributed by atoms with Crippen molar-refractivity contribution in [2.75, 3.05) is 13.1 Å². The highest BCUT2D eigenvalue weighted by Gasteiger charge is 2.42. The fourth-order valence-corrected chi connectivity index (χ4v) is 3.54. The van der Waals surface area contributed by atoms with Crippen molar-refractivity contribution in [2.45, 2.75) is 44.4 Å². The molecule has 1 unspecified atom stereocenters. The highest BCUT2D eigenvalue weighted by atomic mass is 35.5. The van der Waals surface area contributed by atoms with Crippen LogP contribution < -0.4 is 10.1 Å². The zero-order valence-electron chi connectivity index (χ0n) is 12.2. The van der Waals surface area contributed by atoms with Crippen molar-refractivity contribution in [1.29, 1.82) is 0 Å². The van der Waals surface area contributed by atoms with E-state index >= 15 is 0 Å². The molecule has 1 spiro atoms. The summed E-state index contributed by atoms with van der Waals surface area (Å²) in [6, 6.07) is 1.32. The minimum absolute atomic E-state index is 0. The standard InChI is InChI=1S/C15H19F3N2O.ClH/c16-15(17,18)12-10-20-6-2-13(12)21-11-1-3-14(9-11)4-7-19-8-5-14;/h2,6,10-11,19H,1,3-5,7-9H2;1H. The maximum atomic E-state index is 12.9. The first kappa shape index (κ1) is 17.3. The lowest BCUT2D eigenvalue weighted by Crippen LogP contribution is -2.35. The number of ether oxygens (including phenoxy) is 1. The van der Waals surface area contributed by atoms with Crippen LogP contribution in [0, 0.1) is 5.41 Å². The van der Waals surface area contributed by atoms with Gasteiger partial charge in [0.05, 0.1) is 6.10 Å². The number of pyridine rings is 1. The van der Waals surface area contributed by atoms with Crippen LogP contribution in [-0.4, -0.2) is 24.2 Å². The molecule has 0 aromatic carbocycles. The summed E-state index contributed by atoms with van der Waals surface area (Å²) in [4.78, 5) is 3.56. The Bertz CT molecular complexity index is 504. The second-order valence-corrected chi connectivity index (χ2v) is 6.10. The highest BCUT2D eigenvalue weighted by Crippen LogP contribution is 2.47. The van der Waals surface area contributed by atoms with E-state index in [1.165, 1.54) is 12.3 Å². The monoisotopic (exact) mass is 336 g/mol. The van der Waals surface area contributed by atoms with Gasteiger partial charge in [0.15, 0.2) is 0 Å². The Balaban J connectivity index is 0.00000176. The fourth-order valence-electron chi connectivity index (χ4n) is 3.54. The van der Waals surface area contributed by atoms with E-state index in [1.54, 1.807) is 0 Å². The van der Waals surface area contributed by atoms with E-state index in [0.717, 1.165) is 51.4 Å². The van der Waals surface area contributed by atoms with E-state index in [4.69, 9.17) is 4.74 Å². The molecule has 1 aliphatic heterocycles. The van der Waals surface area contributed by atoms with E-state index in [9.17, 15) is 13.2 Å². The normalized spacial score (nSPS) is 24.0. The first-order chi connectivity index (χ1) is 9.99. The first-order valence-corrected chi connectivity index (χ1v) is 7.37. The number of nitrogens with one attached hydrogen (secondary N) is 1. The second-order valence-electron chi connectivity index (χ2n) is 6.10. The maximum absolute atomic E-state index is 12.9. The van der Waals surface area contributed by atoms with Gasteiger partial charge < -0.3 is 10.1 Å². The molecule has 0 bridgehead atoms. The summed E-state index contributed by atoms with van der Waals surface area (Å²) in [6.45, 7) is 1.99. The van der Waals surface area contributed by atoms with Crippen LogP contribution in [-0.2, 0) is 6.18 Å². The smallest absolute Gasteiger partial charge is 0.421 e. The third-order valence-corrected chi connectivity index (χ3v) is 4.70. The second kappa shape index (κ2) is 6.62. The molecule has 3 nitrogen and oxygen atoms in total. The van der Waals surface area contributed by atoms with Gasteiger partial charge in [0.2, 0.25) is 0 Å². The zero-order chi connectivity index (χ0) is 14.9. The Morgan fingerprint density at radius 3 is 2.64 bits per heavy atom. The summed E-state index contributed by atoms with van der Waals surface area (Å²) in [7, 11) is 0. The fraction of sp³-hybridized carbons (Fsp3) is 0.667. The molecule has 7 heteroatoms. The van der Waals surface area contributed by atoms with Crippen molar-refractivity contribution in [3.05, 3.63) is 24.0 Å². The molecule has 2 fully saturated rings. The Labute approximate surface area is 134 Å². The molecule has 2 heterocycles. The molecule has 3 rings (SSSR count). The molecule has 1 N–H and O–H groups in total. The third-order valence-electron chi connectivity index (χ3n) is 4.70. The summed E-state index contributed by atoms with van der Waals surface area (Å²) in [5, 5.41) is 3.33. The van der Waals surface area contributed by atoms with E-state index < -0.39 is 11.7 Å². The van der Waals surface area contributed by atoms with Crippen LogP contribution in [0.25, 0.3) is 0 Å². The lowest BCUT2D eigenvalue weighted by molar-refractivity contribution is -0.139. The van der Waals surface area contributed by atoms with Gasteiger partial charge in [-0.25, -0.2) is 0 Å². The number of piperidine rings is 1. The van der Waals surface area contributed by atoms with Crippen LogP contribution in [0.1, 0.15) is 37.7 Å². The molecular weight excluding hydrogens is 317 g/mol. The van der Waals surface area contributed by atoms with Crippen LogP contribution in [0.15, 0.2) is 18.5 Å². The molecule has 0 amide bonds. The van der Waals surface area contributed by atoms with Gasteiger partial charge in [0.25, 0.3) is 0 Å². The minimum Gasteiger partial charge on any atom is -0.490 e. The summed E-state index contributed by atoms with van der Waals surface area (Å²) < 4.78 is 44.5. The minimum atomic E-state index is -4.42. The van der Waals surface area contributed by atoms with Crippen molar-refractivity contribution in [2.24, 2.45) is 5.41 Å². The van der Waals surface area contributed by atoms with Crippen molar-refractivity contribution >= 4 is 12.4 Å². The lowest BCUT2D eigenvalue weighted by atomic mass is 9.77. The average molecular weight is 337 g/mol. The average Bonchev–Trinajstić information content (AvgIpc) is 2.81. The largest absolute Gasteiger partial charge is 0.490 e. The molecule has 1 saturated carbocycles. The van der Waals surface area contributed by atoms with E-state index in [0.29, 0.717) is 0 Å². The number of hydrogen-bond donors (Lipinski definition) is 1. The predicted molar refractivity (Wildman–Crippen MR) is 79.3 cm³/mol. The van der Waals surface area contributed by atoms with Crippen molar-refractivity contribution in [1.82, 2.24) is 10.3 Å². The quantitative estimate of drug-likeness (QED) is 0.891. The van der Waals surface area contributed by atoms with Gasteiger partial charge >= 0.3 is 6.18 Å². The van der Waals surface area contributed by atoms with Gasteiger partial charge in [-0.3, -0.25) is 4.98 Å². The Morgan fingerprint density at radius 1 is 1.23 bits per heavy atom. The van der Waals surface area contributed by atoms with Crippen LogP contribution >= 0.6 is 12.4 Å². The van der Waals surface area contributed by atoms with Crippen LogP contribution in [0.3, 0.4) is 0 Å². The molecule has 0 radical (unpaired) electrons. The molecule has 1 atom stereocenters. The van der Waals surface area contributed by atoms with Crippen LogP contribution in [0.5, 0.6) is 5.75 Å². The van der Waals surface area contributed by atoms with Gasteiger partial charge in [-0.15, -0.1) is 12.4 Å². The summed E-state index contributed by atoms with van der Waals surface area (Å²) in [5.41, 5.74) is -0.516. The van der Waals surface area contributed by atoms with Crippen LogP contribution in [0.2, 0.25) is 0 Å². The topological polar surface area (TPSA) is 34.1 Å². The Kier molecular flexibility index (Phi) is 5.22. The number of rotatable bonds is 2. The van der Waals surface area contributed by atoms with Crippen molar-refractivity contribution in [3.63, 3.8) is 0 Å². The summed E-state index contributed by atoms with van der Waals surface area (Å²) in [6.07, 6.45) is 2.57. The van der Waals surface area contributed by atoms with Gasteiger partial charge in [-0.05, 0) is 56.7 Å². The Morgan fingerprint density at radius 2 is 1.95 bits per heavy atom. The number of alkyl halides is 3. The number of aromatic nitrogens is 1. The lowest BCUT2D eigenvalue weighted by Gasteiger charge is -2.33. The SMILES string of the molecule is Cl.FC(F)(F)c1cnccc1OC1CCC2(CCNCC2)C1. The number of nitrogens with zero attached hydrogens (tertiary/aromatic N) is 1. The van der Waals surface area contributed by atoms with Crippen molar-refractivity contribution in [3.8, 4) is 5.75 Å². The predicted octanol–water partition coefficient (Wildman–Crippen LogP) is 3.82. The molecular formula is C15H20ClF3N2O. The molecule has 124 valence electrons. The van der Waals surface area contributed by atoms with Gasteiger partial charge in [0.1, 0.15) is 11.3 Å². The molecule has 1 saturated heterocycles. The summed E-state index contributed by atoms with van der Waals surface area (Å²) >= 11 is 0. The van der Waals surface area contributed by atoms with E-state index in [2.05, 4.69) is 10.3 Å².